The molecule has 0 radical (unpaired) electrons. The number of unbranched alkanes of at least 4 members (excludes halogenated alkanes) is 30. The number of rotatable bonds is 55. The summed E-state index contributed by atoms with van der Waals surface area (Å²) in [6.45, 7) is 6.52. The van der Waals surface area contributed by atoms with E-state index in [0.29, 0.717) is 19.3 Å². The highest BCUT2D eigenvalue weighted by Crippen LogP contribution is 2.16. The summed E-state index contributed by atoms with van der Waals surface area (Å²) in [5.41, 5.74) is 0. The van der Waals surface area contributed by atoms with E-state index in [2.05, 4.69) is 106 Å². The zero-order valence-corrected chi connectivity index (χ0v) is 47.4. The maximum absolute atomic E-state index is 12.9. The zero-order chi connectivity index (χ0) is 52.2. The van der Waals surface area contributed by atoms with Crippen LogP contribution in [0.5, 0.6) is 0 Å². The molecule has 414 valence electrons. The summed E-state index contributed by atoms with van der Waals surface area (Å²) >= 11 is 0. The van der Waals surface area contributed by atoms with E-state index in [4.69, 9.17) is 14.2 Å². The molecule has 1 atom stereocenters. The normalized spacial score (nSPS) is 12.7. The molecule has 1 unspecified atom stereocenters. The molecule has 6 heteroatoms. The van der Waals surface area contributed by atoms with E-state index in [1.165, 1.54) is 135 Å². The van der Waals surface area contributed by atoms with E-state index < -0.39 is 6.10 Å². The van der Waals surface area contributed by atoms with Gasteiger partial charge in [0.15, 0.2) is 6.10 Å². The standard InChI is InChI=1S/C66H114O6/c1-4-7-10-13-16-19-22-25-28-30-32-33-34-36-38-41-44-47-50-53-56-59-65(68)71-62-63(61-70-64(67)58-55-52-49-46-43-40-37-27-24-21-18-15-12-9-6-3)72-66(69)60-57-54-51-48-45-42-39-35-31-29-26-23-20-17-14-11-8-5-2/h7,10,16,19-20,23,25,28-29,31-33,36,38,63H,4-6,8-9,11-15,17-18,21-22,24,26-27,30,34-35,37,39-62H2,1-3H3/b10-7-,19-16-,23-20-,28-25-,31-29-,33-32-,38-36-. The van der Waals surface area contributed by atoms with E-state index in [1.54, 1.807) is 0 Å². The average Bonchev–Trinajstić information content (AvgIpc) is 3.38. The molecule has 72 heavy (non-hydrogen) atoms. The van der Waals surface area contributed by atoms with Gasteiger partial charge in [0.05, 0.1) is 0 Å². The summed E-state index contributed by atoms with van der Waals surface area (Å²) in [6.07, 6.45) is 78.6. The van der Waals surface area contributed by atoms with Crippen LogP contribution >= 0.6 is 0 Å². The maximum Gasteiger partial charge on any atom is 0.306 e. The van der Waals surface area contributed by atoms with Gasteiger partial charge in [0.25, 0.3) is 0 Å². The molecular weight excluding hydrogens is 889 g/mol. The fourth-order valence-electron chi connectivity index (χ4n) is 8.56. The van der Waals surface area contributed by atoms with Crippen LogP contribution in [0.4, 0.5) is 0 Å². The lowest BCUT2D eigenvalue weighted by molar-refractivity contribution is -0.167. The number of carbonyl (C=O) groups is 3. The Balaban J connectivity index is 4.42. The van der Waals surface area contributed by atoms with Crippen molar-refractivity contribution in [3.63, 3.8) is 0 Å². The minimum absolute atomic E-state index is 0.0838. The maximum atomic E-state index is 12.9. The molecule has 0 spiro atoms. The lowest BCUT2D eigenvalue weighted by Crippen LogP contribution is -2.30. The molecule has 0 heterocycles. The monoisotopic (exact) mass is 1000 g/mol. The first-order valence-corrected chi connectivity index (χ1v) is 30.6. The third-order valence-electron chi connectivity index (χ3n) is 13.1. The van der Waals surface area contributed by atoms with Crippen molar-refractivity contribution < 1.29 is 28.6 Å². The van der Waals surface area contributed by atoms with Gasteiger partial charge in [-0.25, -0.2) is 0 Å². The zero-order valence-electron chi connectivity index (χ0n) is 47.4. The van der Waals surface area contributed by atoms with Gasteiger partial charge in [-0.1, -0.05) is 266 Å². The molecule has 0 aromatic heterocycles. The van der Waals surface area contributed by atoms with Gasteiger partial charge in [0.2, 0.25) is 0 Å². The molecule has 0 aliphatic carbocycles. The van der Waals surface area contributed by atoms with Crippen molar-refractivity contribution in [1.82, 2.24) is 0 Å². The van der Waals surface area contributed by atoms with Crippen LogP contribution in [0.2, 0.25) is 0 Å². The lowest BCUT2D eigenvalue weighted by Gasteiger charge is -2.18. The highest BCUT2D eigenvalue weighted by molar-refractivity contribution is 5.71. The van der Waals surface area contributed by atoms with Crippen LogP contribution < -0.4 is 0 Å². The van der Waals surface area contributed by atoms with Gasteiger partial charge in [-0.3, -0.25) is 14.4 Å². The molecule has 0 aromatic rings. The summed E-state index contributed by atoms with van der Waals surface area (Å²) < 4.78 is 16.9. The lowest BCUT2D eigenvalue weighted by atomic mass is 10.0. The largest absolute Gasteiger partial charge is 0.462 e. The van der Waals surface area contributed by atoms with Gasteiger partial charge in [0.1, 0.15) is 13.2 Å². The van der Waals surface area contributed by atoms with E-state index in [-0.39, 0.29) is 31.1 Å². The molecule has 0 rings (SSSR count). The molecule has 0 saturated carbocycles. The number of hydrogen-bond acceptors (Lipinski definition) is 6. The molecule has 0 aliphatic rings. The molecule has 0 amide bonds. The van der Waals surface area contributed by atoms with Crippen molar-refractivity contribution in [3.05, 3.63) is 85.1 Å². The molecule has 6 nitrogen and oxygen atoms in total. The summed E-state index contributed by atoms with van der Waals surface area (Å²) in [5, 5.41) is 0. The quantitative estimate of drug-likeness (QED) is 0.0261. The molecule has 0 fully saturated rings. The van der Waals surface area contributed by atoms with Gasteiger partial charge in [-0.15, -0.1) is 0 Å². The molecule has 0 N–H and O–H groups in total. The Bertz CT molecular complexity index is 1380. The molecule has 0 aromatic carbocycles. The minimum atomic E-state index is -0.789. The van der Waals surface area contributed by atoms with Crippen molar-refractivity contribution in [3.8, 4) is 0 Å². The van der Waals surface area contributed by atoms with Crippen LogP contribution in [-0.4, -0.2) is 37.2 Å². The Kier molecular flexibility index (Phi) is 57.3. The summed E-state index contributed by atoms with van der Waals surface area (Å²) in [7, 11) is 0. The SMILES string of the molecule is CC/C=C\C/C=C\C/C=C\C/C=C\C/C=C\CCCCCCCC(=O)OCC(COC(=O)CCCCCCCCCCCCCCCCC)OC(=O)CCCCCCCCC/C=C\C/C=C\CCCCCC. The Morgan fingerprint density at radius 3 is 0.861 bits per heavy atom. The van der Waals surface area contributed by atoms with Gasteiger partial charge < -0.3 is 14.2 Å². The highest BCUT2D eigenvalue weighted by atomic mass is 16.6. The van der Waals surface area contributed by atoms with Crippen LogP contribution in [0.3, 0.4) is 0 Å². The second kappa shape index (κ2) is 60.1. The first-order valence-electron chi connectivity index (χ1n) is 30.6. The average molecular weight is 1000 g/mol. The third-order valence-corrected chi connectivity index (χ3v) is 13.1. The summed E-state index contributed by atoms with van der Waals surface area (Å²) in [5.74, 6) is -0.900. The Morgan fingerprint density at radius 2 is 0.542 bits per heavy atom. The summed E-state index contributed by atoms with van der Waals surface area (Å²) in [4.78, 5) is 38.3. The minimum Gasteiger partial charge on any atom is -0.462 e. The first kappa shape index (κ1) is 68.6. The van der Waals surface area contributed by atoms with Crippen molar-refractivity contribution >= 4 is 17.9 Å². The van der Waals surface area contributed by atoms with Gasteiger partial charge in [0, 0.05) is 19.3 Å². The Morgan fingerprint density at radius 1 is 0.292 bits per heavy atom. The second-order valence-electron chi connectivity index (χ2n) is 20.2. The van der Waals surface area contributed by atoms with E-state index >= 15 is 0 Å². The summed E-state index contributed by atoms with van der Waals surface area (Å²) in [6, 6.07) is 0. The topological polar surface area (TPSA) is 78.9 Å². The van der Waals surface area contributed by atoms with Crippen LogP contribution in [0.25, 0.3) is 0 Å². The predicted molar refractivity (Wildman–Crippen MR) is 311 cm³/mol. The molecule has 0 bridgehead atoms. The van der Waals surface area contributed by atoms with Crippen molar-refractivity contribution in [2.45, 2.75) is 303 Å². The van der Waals surface area contributed by atoms with Crippen LogP contribution in [0.1, 0.15) is 297 Å². The number of ether oxygens (including phenoxy) is 3. The Hall–Kier alpha value is -3.41. The Labute approximate surface area is 445 Å². The predicted octanol–water partition coefficient (Wildman–Crippen LogP) is 20.7. The second-order valence-corrected chi connectivity index (χ2v) is 20.2. The number of hydrogen-bond donors (Lipinski definition) is 0. The van der Waals surface area contributed by atoms with Crippen molar-refractivity contribution in [2.24, 2.45) is 0 Å². The fraction of sp³-hybridized carbons (Fsp3) is 0.742. The molecule has 0 saturated heterocycles. The van der Waals surface area contributed by atoms with Crippen molar-refractivity contribution in [1.29, 1.82) is 0 Å². The number of carbonyl (C=O) groups excluding carboxylic acids is 3. The van der Waals surface area contributed by atoms with Gasteiger partial charge in [-0.05, 0) is 96.3 Å². The van der Waals surface area contributed by atoms with E-state index in [0.717, 1.165) is 122 Å². The third kappa shape index (κ3) is 57.5. The fourth-order valence-corrected chi connectivity index (χ4v) is 8.56. The highest BCUT2D eigenvalue weighted by Gasteiger charge is 2.19. The van der Waals surface area contributed by atoms with Crippen LogP contribution in [0, 0.1) is 0 Å². The van der Waals surface area contributed by atoms with Gasteiger partial charge in [-0.2, -0.15) is 0 Å². The van der Waals surface area contributed by atoms with Crippen molar-refractivity contribution in [2.75, 3.05) is 13.2 Å². The van der Waals surface area contributed by atoms with E-state index in [9.17, 15) is 14.4 Å². The van der Waals surface area contributed by atoms with E-state index in [1.807, 2.05) is 0 Å². The first-order chi connectivity index (χ1) is 35.5. The number of esters is 3. The van der Waals surface area contributed by atoms with Crippen LogP contribution in [-0.2, 0) is 28.6 Å². The van der Waals surface area contributed by atoms with Gasteiger partial charge >= 0.3 is 17.9 Å². The molecular formula is C66H114O6. The molecule has 0 aliphatic heterocycles. The van der Waals surface area contributed by atoms with Crippen LogP contribution in [0.15, 0.2) is 85.1 Å². The smallest absolute Gasteiger partial charge is 0.306 e. The number of allylic oxidation sites excluding steroid dienone is 14.